The van der Waals surface area contributed by atoms with Crippen LogP contribution in [0.3, 0.4) is 0 Å². The van der Waals surface area contributed by atoms with E-state index < -0.39 is 0 Å². The summed E-state index contributed by atoms with van der Waals surface area (Å²) in [5.74, 6) is 2.36. The van der Waals surface area contributed by atoms with Crippen molar-refractivity contribution in [2.24, 2.45) is 0 Å². The zero-order valence-electron chi connectivity index (χ0n) is 13.7. The van der Waals surface area contributed by atoms with Crippen LogP contribution >= 0.6 is 0 Å². The van der Waals surface area contributed by atoms with Crippen molar-refractivity contribution in [3.63, 3.8) is 0 Å². The summed E-state index contributed by atoms with van der Waals surface area (Å²) in [4.78, 5) is 8.85. The van der Waals surface area contributed by atoms with E-state index in [1.54, 1.807) is 6.20 Å². The van der Waals surface area contributed by atoms with E-state index in [4.69, 9.17) is 4.74 Å². The van der Waals surface area contributed by atoms with Gasteiger partial charge >= 0.3 is 0 Å². The molecular formula is C18H24N4O. The van der Waals surface area contributed by atoms with E-state index in [-0.39, 0.29) is 6.10 Å². The van der Waals surface area contributed by atoms with Gasteiger partial charge in [0.15, 0.2) is 0 Å². The number of nitrogens with one attached hydrogen (secondary N) is 2. The monoisotopic (exact) mass is 312 g/mol. The van der Waals surface area contributed by atoms with E-state index >= 15 is 0 Å². The molecule has 122 valence electrons. The van der Waals surface area contributed by atoms with Crippen LogP contribution in [0.15, 0.2) is 36.5 Å². The third-order valence-electron chi connectivity index (χ3n) is 3.84. The van der Waals surface area contributed by atoms with Gasteiger partial charge < -0.3 is 15.4 Å². The minimum Gasteiger partial charge on any atom is -0.491 e. The van der Waals surface area contributed by atoms with Crippen LogP contribution in [0.2, 0.25) is 0 Å². The molecule has 0 radical (unpaired) electrons. The molecule has 0 unspecified atom stereocenters. The van der Waals surface area contributed by atoms with Gasteiger partial charge in [-0.05, 0) is 57.0 Å². The molecule has 0 spiro atoms. The Morgan fingerprint density at radius 3 is 2.52 bits per heavy atom. The molecule has 1 heterocycles. The third-order valence-corrected chi connectivity index (χ3v) is 3.84. The Kier molecular flexibility index (Phi) is 4.95. The minimum atomic E-state index is 0.180. The van der Waals surface area contributed by atoms with Gasteiger partial charge in [0, 0.05) is 17.9 Å². The summed E-state index contributed by atoms with van der Waals surface area (Å²) in [5, 5.41) is 6.72. The van der Waals surface area contributed by atoms with Crippen LogP contribution in [-0.2, 0) is 0 Å². The highest BCUT2D eigenvalue weighted by Crippen LogP contribution is 2.22. The molecule has 2 N–H and O–H groups in total. The molecule has 1 aliphatic carbocycles. The Hall–Kier alpha value is -2.30. The summed E-state index contributed by atoms with van der Waals surface area (Å²) >= 11 is 0. The summed E-state index contributed by atoms with van der Waals surface area (Å²) < 4.78 is 5.65. The van der Waals surface area contributed by atoms with Crippen LogP contribution in [-0.4, -0.2) is 22.1 Å². The molecule has 0 bridgehead atoms. The standard InChI is InChI=1S/C18H24N4O/c1-13(2)23-16-9-7-15(8-10-16)20-17-11-12-19-18(22-17)21-14-5-3-4-6-14/h7-14H,3-6H2,1-2H3,(H2,19,20,21,22). The van der Waals surface area contributed by atoms with Crippen LogP contribution in [0.25, 0.3) is 0 Å². The summed E-state index contributed by atoms with van der Waals surface area (Å²) in [6.45, 7) is 4.04. The topological polar surface area (TPSA) is 59.1 Å². The fraction of sp³-hybridized carbons (Fsp3) is 0.444. The second-order valence-electron chi connectivity index (χ2n) is 6.21. The van der Waals surface area contributed by atoms with E-state index in [2.05, 4.69) is 20.6 Å². The molecule has 1 fully saturated rings. The maximum Gasteiger partial charge on any atom is 0.224 e. The van der Waals surface area contributed by atoms with Crippen molar-refractivity contribution in [1.82, 2.24) is 9.97 Å². The number of hydrogen-bond acceptors (Lipinski definition) is 5. The molecule has 0 aliphatic heterocycles. The number of benzene rings is 1. The first-order valence-corrected chi connectivity index (χ1v) is 8.32. The molecule has 2 aromatic rings. The molecule has 3 rings (SSSR count). The lowest BCUT2D eigenvalue weighted by atomic mass is 10.2. The Morgan fingerprint density at radius 1 is 1.09 bits per heavy atom. The molecule has 0 amide bonds. The largest absolute Gasteiger partial charge is 0.491 e. The highest BCUT2D eigenvalue weighted by atomic mass is 16.5. The van der Waals surface area contributed by atoms with Gasteiger partial charge in [0.25, 0.3) is 0 Å². The summed E-state index contributed by atoms with van der Waals surface area (Å²) in [6.07, 6.45) is 6.96. The van der Waals surface area contributed by atoms with E-state index in [0.29, 0.717) is 12.0 Å². The first-order valence-electron chi connectivity index (χ1n) is 8.32. The van der Waals surface area contributed by atoms with Crippen molar-refractivity contribution in [2.75, 3.05) is 10.6 Å². The number of rotatable bonds is 6. The van der Waals surface area contributed by atoms with E-state index in [1.807, 2.05) is 44.2 Å². The van der Waals surface area contributed by atoms with Gasteiger partial charge in [-0.1, -0.05) is 12.8 Å². The lowest BCUT2D eigenvalue weighted by Gasteiger charge is -2.13. The van der Waals surface area contributed by atoms with Gasteiger partial charge in [0.2, 0.25) is 5.95 Å². The van der Waals surface area contributed by atoms with Gasteiger partial charge in [-0.3, -0.25) is 0 Å². The molecule has 0 atom stereocenters. The van der Waals surface area contributed by atoms with Crippen LogP contribution in [0.1, 0.15) is 39.5 Å². The number of hydrogen-bond donors (Lipinski definition) is 2. The average Bonchev–Trinajstić information content (AvgIpc) is 3.02. The Morgan fingerprint density at radius 2 is 1.83 bits per heavy atom. The Bertz CT molecular complexity index is 621. The van der Waals surface area contributed by atoms with Crippen molar-refractivity contribution in [1.29, 1.82) is 0 Å². The van der Waals surface area contributed by atoms with E-state index in [1.165, 1.54) is 25.7 Å². The summed E-state index contributed by atoms with van der Waals surface area (Å²) in [5.41, 5.74) is 0.978. The Labute approximate surface area is 137 Å². The predicted octanol–water partition coefficient (Wildman–Crippen LogP) is 4.36. The lowest BCUT2D eigenvalue weighted by Crippen LogP contribution is -2.16. The smallest absolute Gasteiger partial charge is 0.224 e. The predicted molar refractivity (Wildman–Crippen MR) is 93.4 cm³/mol. The van der Waals surface area contributed by atoms with Crippen LogP contribution in [0.5, 0.6) is 5.75 Å². The molecule has 5 heteroatoms. The zero-order chi connectivity index (χ0) is 16.1. The molecule has 1 aliphatic rings. The minimum absolute atomic E-state index is 0.180. The number of nitrogens with zero attached hydrogens (tertiary/aromatic N) is 2. The summed E-state index contributed by atoms with van der Waals surface area (Å²) in [6, 6.07) is 10.3. The Balaban J connectivity index is 1.62. The second kappa shape index (κ2) is 7.31. The van der Waals surface area contributed by atoms with Crippen LogP contribution in [0, 0.1) is 0 Å². The maximum absolute atomic E-state index is 5.65. The quantitative estimate of drug-likeness (QED) is 0.830. The van der Waals surface area contributed by atoms with Crippen LogP contribution < -0.4 is 15.4 Å². The molecule has 5 nitrogen and oxygen atoms in total. The highest BCUT2D eigenvalue weighted by Gasteiger charge is 2.15. The van der Waals surface area contributed by atoms with Crippen molar-refractivity contribution in [2.45, 2.75) is 51.7 Å². The average molecular weight is 312 g/mol. The number of aromatic nitrogens is 2. The molecule has 1 aromatic heterocycles. The van der Waals surface area contributed by atoms with Crippen molar-refractivity contribution >= 4 is 17.5 Å². The number of ether oxygens (including phenoxy) is 1. The first-order chi connectivity index (χ1) is 11.2. The maximum atomic E-state index is 5.65. The fourth-order valence-electron chi connectivity index (χ4n) is 2.79. The van der Waals surface area contributed by atoms with Crippen molar-refractivity contribution in [3.05, 3.63) is 36.5 Å². The normalized spacial score (nSPS) is 14.9. The molecule has 23 heavy (non-hydrogen) atoms. The first kappa shape index (κ1) is 15.6. The van der Waals surface area contributed by atoms with Gasteiger partial charge in [0.05, 0.1) is 6.10 Å². The zero-order valence-corrected chi connectivity index (χ0v) is 13.7. The van der Waals surface area contributed by atoms with Crippen molar-refractivity contribution in [3.8, 4) is 5.75 Å². The lowest BCUT2D eigenvalue weighted by molar-refractivity contribution is 0.242. The molecule has 0 saturated heterocycles. The number of anilines is 3. The van der Waals surface area contributed by atoms with E-state index in [9.17, 15) is 0 Å². The summed E-state index contributed by atoms with van der Waals surface area (Å²) in [7, 11) is 0. The van der Waals surface area contributed by atoms with Gasteiger partial charge in [-0.15, -0.1) is 0 Å². The molecule has 1 aromatic carbocycles. The third kappa shape index (κ3) is 4.58. The van der Waals surface area contributed by atoms with Gasteiger partial charge in [-0.2, -0.15) is 4.98 Å². The second-order valence-corrected chi connectivity index (χ2v) is 6.21. The molecular weight excluding hydrogens is 288 g/mol. The fourth-order valence-corrected chi connectivity index (χ4v) is 2.79. The highest BCUT2D eigenvalue weighted by molar-refractivity contribution is 5.57. The molecule has 1 saturated carbocycles. The van der Waals surface area contributed by atoms with Gasteiger partial charge in [-0.25, -0.2) is 4.98 Å². The SMILES string of the molecule is CC(C)Oc1ccc(Nc2ccnc(NC3CCCC3)n2)cc1. The van der Waals surface area contributed by atoms with Crippen molar-refractivity contribution < 1.29 is 4.74 Å². The van der Waals surface area contributed by atoms with Crippen LogP contribution in [0.4, 0.5) is 17.5 Å². The van der Waals surface area contributed by atoms with Gasteiger partial charge in [0.1, 0.15) is 11.6 Å². The van der Waals surface area contributed by atoms with E-state index in [0.717, 1.165) is 17.3 Å².